The van der Waals surface area contributed by atoms with Crippen LogP contribution in [-0.2, 0) is 16.2 Å². The Balaban J connectivity index is 0.000000110. The molecule has 0 atom stereocenters. The number of hydrogen-bond acceptors (Lipinski definition) is 7. The molecule has 3 aliphatic carbocycles. The molecule has 0 bridgehead atoms. The van der Waals surface area contributed by atoms with Crippen molar-refractivity contribution in [2.24, 2.45) is 0 Å². The van der Waals surface area contributed by atoms with Crippen molar-refractivity contribution in [1.29, 1.82) is 0 Å². The lowest BCUT2D eigenvalue weighted by atomic mass is 9.82. The fourth-order valence-corrected chi connectivity index (χ4v) is 13.0. The number of benzene rings is 10. The third-order valence-corrected chi connectivity index (χ3v) is 17.4. The van der Waals surface area contributed by atoms with E-state index in [9.17, 15) is 0 Å². The summed E-state index contributed by atoms with van der Waals surface area (Å²) in [4.78, 5) is 12.5. The summed E-state index contributed by atoms with van der Waals surface area (Å²) in [6.45, 7) is 13.8. The lowest BCUT2D eigenvalue weighted by Crippen LogP contribution is -2.15. The van der Waals surface area contributed by atoms with Crippen LogP contribution < -0.4 is 21.3 Å². The van der Waals surface area contributed by atoms with E-state index >= 15 is 0 Å². The number of aromatic nitrogens is 3. The minimum absolute atomic E-state index is 0.0347. The van der Waals surface area contributed by atoms with E-state index in [1.807, 2.05) is 79.3 Å². The van der Waals surface area contributed by atoms with Gasteiger partial charge in [0.1, 0.15) is 0 Å². The van der Waals surface area contributed by atoms with Gasteiger partial charge in [-0.15, -0.1) is 0 Å². The molecule has 4 N–H and O–H groups in total. The van der Waals surface area contributed by atoms with Crippen LogP contribution in [0.1, 0.15) is 74.9 Å². The summed E-state index contributed by atoms with van der Waals surface area (Å²) in [5.74, 6) is 0. The van der Waals surface area contributed by atoms with Crippen molar-refractivity contribution in [1.82, 2.24) is 15.0 Å². The van der Waals surface area contributed by atoms with Crippen LogP contribution >= 0.6 is 0 Å². The number of nitrogens with zero attached hydrogens (tertiary/aromatic N) is 3. The van der Waals surface area contributed by atoms with Crippen LogP contribution in [-0.4, -0.2) is 15.0 Å². The molecule has 424 valence electrons. The molecule has 0 unspecified atom stereocenters. The standard InChI is InChI=1S/C25H21N.C24H20N2.C20H18N2.C11H10N2/c1-25(2)21-11-6-5-10-20(21)24-22(25)12-7-13-23(24)26-19-15-14-17-8-3-4-9-18(17)16-19;1-24(2)21-10-6-5-9-19(21)20-13-17(11-12-22(20)24)26-23-15-25-14-16-7-3-4-8-18(16)23;1-20(2)18-8-4-3-7-16(18)17-10-9-14(12-19(17)20)22-15-6-5-11-21-13-15;1-2-5-10(6-3-1)13-11-7-4-8-12-9-11/h3-16,26H,1-2H3;3-15,26H,1-2H3;3-13,22H,1-2H3;1-9,13H. The molecule has 3 aliphatic rings. The summed E-state index contributed by atoms with van der Waals surface area (Å²) >= 11 is 0. The zero-order valence-electron chi connectivity index (χ0n) is 50.0. The largest absolute Gasteiger partial charge is 0.355 e. The average molecular weight is 1130 g/mol. The van der Waals surface area contributed by atoms with Crippen LogP contribution in [0.25, 0.3) is 54.9 Å². The zero-order chi connectivity index (χ0) is 59.5. The first-order valence-electron chi connectivity index (χ1n) is 29.9. The first kappa shape index (κ1) is 55.6. The van der Waals surface area contributed by atoms with Gasteiger partial charge in [-0.1, -0.05) is 211 Å². The van der Waals surface area contributed by atoms with Crippen LogP contribution in [0.4, 0.5) is 45.5 Å². The fraction of sp³-hybridized carbons (Fsp3) is 0.113. The average Bonchev–Trinajstić information content (AvgIpc) is 1.94. The van der Waals surface area contributed by atoms with Crippen LogP contribution in [0.3, 0.4) is 0 Å². The molecule has 3 heterocycles. The molecular weight excluding hydrogens is 1060 g/mol. The van der Waals surface area contributed by atoms with E-state index in [1.54, 1.807) is 18.6 Å². The van der Waals surface area contributed by atoms with Gasteiger partial charge >= 0.3 is 0 Å². The van der Waals surface area contributed by atoms with Gasteiger partial charge in [0.05, 0.1) is 35.7 Å². The molecule has 16 rings (SSSR count). The first-order chi connectivity index (χ1) is 42.4. The maximum absolute atomic E-state index is 4.38. The highest BCUT2D eigenvalue weighted by Gasteiger charge is 2.38. The van der Waals surface area contributed by atoms with E-state index in [2.05, 4.69) is 266 Å². The Morgan fingerprint density at radius 3 is 1.44 bits per heavy atom. The topological polar surface area (TPSA) is 86.8 Å². The third-order valence-electron chi connectivity index (χ3n) is 17.4. The normalized spacial score (nSPS) is 13.4. The number of para-hydroxylation sites is 1. The molecule has 7 nitrogen and oxygen atoms in total. The highest BCUT2D eigenvalue weighted by Crippen LogP contribution is 2.53. The van der Waals surface area contributed by atoms with E-state index < -0.39 is 0 Å². The van der Waals surface area contributed by atoms with Crippen LogP contribution in [0, 0.1) is 0 Å². The second-order valence-electron chi connectivity index (χ2n) is 24.1. The number of anilines is 8. The van der Waals surface area contributed by atoms with E-state index in [1.165, 1.54) is 88.6 Å². The van der Waals surface area contributed by atoms with Gasteiger partial charge in [0, 0.05) is 79.6 Å². The SMILES string of the molecule is CC1(C)c2ccccc2-c2c(Nc3ccc4ccccc4c3)cccc21.CC1(C)c2ccccc2-c2cc(Nc3cncc4ccccc34)ccc21.CC1(C)c2ccccc2-c2ccc(Nc3cccnc3)cc21.c1ccc(Nc2cccnc2)cc1. The van der Waals surface area contributed by atoms with Crippen molar-refractivity contribution in [3.8, 4) is 33.4 Å². The molecule has 0 amide bonds. The number of rotatable bonds is 8. The molecular formula is C80H69N7. The minimum Gasteiger partial charge on any atom is -0.355 e. The van der Waals surface area contributed by atoms with E-state index in [0.29, 0.717) is 0 Å². The summed E-state index contributed by atoms with van der Waals surface area (Å²) in [5, 5.41) is 18.8. The van der Waals surface area contributed by atoms with Crippen molar-refractivity contribution in [3.63, 3.8) is 0 Å². The Bertz CT molecular complexity index is 4570. The van der Waals surface area contributed by atoms with Crippen molar-refractivity contribution < 1.29 is 0 Å². The molecule has 0 spiro atoms. The van der Waals surface area contributed by atoms with Crippen LogP contribution in [0.5, 0.6) is 0 Å². The maximum Gasteiger partial charge on any atom is 0.0650 e. The summed E-state index contributed by atoms with van der Waals surface area (Å²) < 4.78 is 0. The smallest absolute Gasteiger partial charge is 0.0650 e. The van der Waals surface area contributed by atoms with E-state index in [0.717, 1.165) is 45.2 Å². The molecule has 0 saturated carbocycles. The fourth-order valence-electron chi connectivity index (χ4n) is 13.0. The second kappa shape index (κ2) is 23.4. The van der Waals surface area contributed by atoms with Crippen molar-refractivity contribution >= 4 is 67.0 Å². The van der Waals surface area contributed by atoms with Gasteiger partial charge in [0.15, 0.2) is 0 Å². The van der Waals surface area contributed by atoms with Gasteiger partial charge in [-0.2, -0.15) is 0 Å². The Morgan fingerprint density at radius 1 is 0.253 bits per heavy atom. The highest BCUT2D eigenvalue weighted by atomic mass is 14.9. The highest BCUT2D eigenvalue weighted by molar-refractivity contribution is 5.96. The quantitative estimate of drug-likeness (QED) is 0.121. The monoisotopic (exact) mass is 1130 g/mol. The van der Waals surface area contributed by atoms with Crippen LogP contribution in [0.15, 0.2) is 286 Å². The first-order valence-corrected chi connectivity index (χ1v) is 29.9. The minimum atomic E-state index is 0.0347. The summed E-state index contributed by atoms with van der Waals surface area (Å²) in [7, 11) is 0. The number of nitrogens with one attached hydrogen (secondary N) is 4. The van der Waals surface area contributed by atoms with E-state index in [-0.39, 0.29) is 16.2 Å². The zero-order valence-corrected chi connectivity index (χ0v) is 50.0. The van der Waals surface area contributed by atoms with Gasteiger partial charge in [-0.25, -0.2) is 0 Å². The number of hydrogen-bond donors (Lipinski definition) is 4. The lowest BCUT2D eigenvalue weighted by Gasteiger charge is -2.22. The van der Waals surface area contributed by atoms with Crippen molar-refractivity contribution in [2.45, 2.75) is 57.8 Å². The number of fused-ring (bicyclic) bond motifs is 11. The molecule has 0 radical (unpaired) electrons. The Hall–Kier alpha value is -10.6. The third kappa shape index (κ3) is 11.1. The van der Waals surface area contributed by atoms with Gasteiger partial charge in [0.25, 0.3) is 0 Å². The number of pyridine rings is 3. The molecule has 7 heteroatoms. The Labute approximate surface area is 511 Å². The van der Waals surface area contributed by atoms with Gasteiger partial charge in [0.2, 0.25) is 0 Å². The Morgan fingerprint density at radius 2 is 0.736 bits per heavy atom. The summed E-state index contributed by atoms with van der Waals surface area (Å²) in [5.41, 5.74) is 25.2. The molecule has 87 heavy (non-hydrogen) atoms. The molecule has 10 aromatic carbocycles. The molecule has 0 saturated heterocycles. The second-order valence-corrected chi connectivity index (χ2v) is 24.1. The van der Waals surface area contributed by atoms with E-state index in [4.69, 9.17) is 0 Å². The summed E-state index contributed by atoms with van der Waals surface area (Å²) in [6, 6.07) is 87.4. The lowest BCUT2D eigenvalue weighted by molar-refractivity contribution is 0.660. The molecule has 0 fully saturated rings. The maximum atomic E-state index is 4.38. The Kier molecular flexibility index (Phi) is 15.0. The van der Waals surface area contributed by atoms with Gasteiger partial charge in [-0.05, 0) is 151 Å². The predicted octanol–water partition coefficient (Wildman–Crippen LogP) is 21.1. The van der Waals surface area contributed by atoms with Gasteiger partial charge in [-0.3, -0.25) is 15.0 Å². The van der Waals surface area contributed by atoms with Crippen molar-refractivity contribution in [2.75, 3.05) is 21.3 Å². The van der Waals surface area contributed by atoms with Crippen molar-refractivity contribution in [3.05, 3.63) is 319 Å². The van der Waals surface area contributed by atoms with Gasteiger partial charge < -0.3 is 21.3 Å². The molecule has 3 aromatic heterocycles. The molecule has 0 aliphatic heterocycles. The summed E-state index contributed by atoms with van der Waals surface area (Å²) in [6.07, 6.45) is 11.0. The predicted molar refractivity (Wildman–Crippen MR) is 366 cm³/mol. The molecule has 13 aromatic rings. The van der Waals surface area contributed by atoms with Crippen LogP contribution in [0.2, 0.25) is 0 Å².